The maximum Gasteiger partial charge on any atom is 0.265 e. The number of rotatable bonds is 4. The van der Waals surface area contributed by atoms with Crippen LogP contribution in [0, 0.1) is 0 Å². The van der Waals surface area contributed by atoms with Gasteiger partial charge in [-0.2, -0.15) is 0 Å². The Morgan fingerprint density at radius 3 is 2.37 bits per heavy atom. The molecule has 1 heterocycles. The molecule has 0 radical (unpaired) electrons. The summed E-state index contributed by atoms with van der Waals surface area (Å²) in [5, 5.41) is 1.54. The van der Waals surface area contributed by atoms with E-state index >= 15 is 0 Å². The second-order valence-electron chi connectivity index (χ2n) is 6.73. The van der Waals surface area contributed by atoms with Crippen LogP contribution in [-0.4, -0.2) is 32.8 Å². The van der Waals surface area contributed by atoms with Gasteiger partial charge < -0.3 is 4.90 Å². The molecule has 0 unspecified atom stereocenters. The lowest BCUT2D eigenvalue weighted by Gasteiger charge is -2.28. The van der Waals surface area contributed by atoms with Gasteiger partial charge in [0.15, 0.2) is 0 Å². The Morgan fingerprint density at radius 2 is 1.67 bits per heavy atom. The molecule has 4 rings (SSSR count). The van der Waals surface area contributed by atoms with Gasteiger partial charge >= 0.3 is 0 Å². The van der Waals surface area contributed by atoms with Crippen LogP contribution in [0.15, 0.2) is 71.6 Å². The molecular formula is C21H20N2O3S. The molecule has 3 aromatic rings. The summed E-state index contributed by atoms with van der Waals surface area (Å²) in [6.07, 6.45) is 0. The van der Waals surface area contributed by atoms with Gasteiger partial charge in [0.25, 0.3) is 10.0 Å². The normalized spacial score (nSPS) is 15.7. The van der Waals surface area contributed by atoms with Crippen molar-refractivity contribution in [2.75, 3.05) is 17.9 Å². The maximum absolute atomic E-state index is 13.0. The standard InChI is InChI=1S/C21H20N2O3S/c1-15(16-8-4-3-5-9-16)22(2)20(24)14-23-18-12-6-10-17-11-7-13-19(21(17)18)27(23,25)26/h3-13,15H,14H2,1-2H3/t15-/m0/s1. The van der Waals surface area contributed by atoms with E-state index in [0.717, 1.165) is 10.9 Å². The van der Waals surface area contributed by atoms with Crippen molar-refractivity contribution in [3.8, 4) is 0 Å². The van der Waals surface area contributed by atoms with Gasteiger partial charge in [0.1, 0.15) is 6.54 Å². The predicted octanol–water partition coefficient (Wildman–Crippen LogP) is 3.57. The Labute approximate surface area is 158 Å². The van der Waals surface area contributed by atoms with Gasteiger partial charge in [-0.05, 0) is 30.0 Å². The van der Waals surface area contributed by atoms with Crippen LogP contribution in [0.4, 0.5) is 5.69 Å². The van der Waals surface area contributed by atoms with E-state index in [0.29, 0.717) is 11.1 Å². The monoisotopic (exact) mass is 380 g/mol. The van der Waals surface area contributed by atoms with Crippen molar-refractivity contribution < 1.29 is 13.2 Å². The van der Waals surface area contributed by atoms with Crippen molar-refractivity contribution in [1.29, 1.82) is 0 Å². The molecule has 0 spiro atoms. The lowest BCUT2D eigenvalue weighted by Crippen LogP contribution is -2.40. The Bertz CT molecular complexity index is 1120. The quantitative estimate of drug-likeness (QED) is 0.695. The van der Waals surface area contributed by atoms with Crippen molar-refractivity contribution in [1.82, 2.24) is 4.90 Å². The van der Waals surface area contributed by atoms with Crippen molar-refractivity contribution in [2.24, 2.45) is 0 Å². The lowest BCUT2D eigenvalue weighted by molar-refractivity contribution is -0.130. The third kappa shape index (κ3) is 2.77. The fourth-order valence-corrected chi connectivity index (χ4v) is 5.19. The van der Waals surface area contributed by atoms with E-state index in [1.807, 2.05) is 55.5 Å². The molecule has 0 saturated heterocycles. The first-order valence-corrected chi connectivity index (χ1v) is 10.2. The minimum Gasteiger partial charge on any atom is -0.337 e. The number of anilines is 1. The third-order valence-corrected chi connectivity index (χ3v) is 7.02. The zero-order valence-corrected chi connectivity index (χ0v) is 16.0. The van der Waals surface area contributed by atoms with Crippen LogP contribution >= 0.6 is 0 Å². The molecule has 1 atom stereocenters. The molecule has 1 aliphatic heterocycles. The van der Waals surface area contributed by atoms with E-state index in [-0.39, 0.29) is 23.4 Å². The van der Waals surface area contributed by atoms with Gasteiger partial charge in [0.2, 0.25) is 5.91 Å². The fourth-order valence-electron chi connectivity index (χ4n) is 3.53. The SMILES string of the molecule is C[C@@H](c1ccccc1)N(C)C(=O)CN1c2cccc3cccc(c23)S1(=O)=O. The number of benzene rings is 3. The van der Waals surface area contributed by atoms with Crippen molar-refractivity contribution in [3.05, 3.63) is 72.3 Å². The molecule has 6 heteroatoms. The average Bonchev–Trinajstić information content (AvgIpc) is 2.91. The average molecular weight is 380 g/mol. The van der Waals surface area contributed by atoms with Crippen molar-refractivity contribution in [2.45, 2.75) is 17.9 Å². The Morgan fingerprint density at radius 1 is 1.00 bits per heavy atom. The van der Waals surface area contributed by atoms with Gasteiger partial charge in [-0.25, -0.2) is 8.42 Å². The minimum atomic E-state index is -3.73. The molecule has 0 aliphatic carbocycles. The van der Waals surface area contributed by atoms with Crippen LogP contribution in [0.1, 0.15) is 18.5 Å². The number of amides is 1. The summed E-state index contributed by atoms with van der Waals surface area (Å²) < 4.78 is 27.3. The van der Waals surface area contributed by atoms with Crippen LogP contribution < -0.4 is 4.31 Å². The summed E-state index contributed by atoms with van der Waals surface area (Å²) >= 11 is 0. The summed E-state index contributed by atoms with van der Waals surface area (Å²) in [5.74, 6) is -0.250. The summed E-state index contributed by atoms with van der Waals surface area (Å²) in [5.41, 5.74) is 1.57. The number of hydrogen-bond acceptors (Lipinski definition) is 3. The zero-order valence-electron chi connectivity index (χ0n) is 15.2. The van der Waals surface area contributed by atoms with Crippen LogP contribution in [0.25, 0.3) is 10.8 Å². The maximum atomic E-state index is 13.0. The molecule has 0 bridgehead atoms. The highest BCUT2D eigenvalue weighted by molar-refractivity contribution is 7.93. The van der Waals surface area contributed by atoms with E-state index in [9.17, 15) is 13.2 Å². The van der Waals surface area contributed by atoms with Gasteiger partial charge in [0, 0.05) is 12.4 Å². The first-order valence-electron chi connectivity index (χ1n) is 8.76. The summed E-state index contributed by atoms with van der Waals surface area (Å²) in [4.78, 5) is 14.7. The number of carbonyl (C=O) groups is 1. The molecule has 0 N–H and O–H groups in total. The van der Waals surface area contributed by atoms with Crippen LogP contribution in [0.3, 0.4) is 0 Å². The first kappa shape index (κ1) is 17.5. The predicted molar refractivity (Wildman–Crippen MR) is 106 cm³/mol. The summed E-state index contributed by atoms with van der Waals surface area (Å²) in [7, 11) is -2.03. The van der Waals surface area contributed by atoms with Gasteiger partial charge in [-0.15, -0.1) is 0 Å². The van der Waals surface area contributed by atoms with E-state index in [1.54, 1.807) is 30.1 Å². The molecule has 1 aliphatic rings. The highest BCUT2D eigenvalue weighted by Gasteiger charge is 2.37. The molecule has 3 aromatic carbocycles. The molecule has 5 nitrogen and oxygen atoms in total. The number of sulfonamides is 1. The molecule has 138 valence electrons. The second kappa shape index (κ2) is 6.39. The van der Waals surface area contributed by atoms with Crippen molar-refractivity contribution in [3.63, 3.8) is 0 Å². The molecule has 1 amide bonds. The Balaban J connectivity index is 1.65. The molecule has 0 saturated carbocycles. The summed E-state index contributed by atoms with van der Waals surface area (Å²) in [6.45, 7) is 1.71. The highest BCUT2D eigenvalue weighted by Crippen LogP contribution is 2.41. The second-order valence-corrected chi connectivity index (χ2v) is 8.57. The number of nitrogens with zero attached hydrogens (tertiary/aromatic N) is 2. The van der Waals surface area contributed by atoms with Crippen LogP contribution in [-0.2, 0) is 14.8 Å². The van der Waals surface area contributed by atoms with E-state index in [1.165, 1.54) is 4.31 Å². The Kier molecular flexibility index (Phi) is 4.15. The number of likely N-dealkylation sites (N-methyl/N-ethyl adjacent to an activating group) is 1. The Hall–Kier alpha value is -2.86. The number of hydrogen-bond donors (Lipinski definition) is 0. The van der Waals surface area contributed by atoms with Crippen molar-refractivity contribution >= 4 is 32.4 Å². The van der Waals surface area contributed by atoms with Gasteiger partial charge in [0.05, 0.1) is 16.6 Å². The number of carbonyl (C=O) groups excluding carboxylic acids is 1. The third-order valence-electron chi connectivity index (χ3n) is 5.22. The lowest BCUT2D eigenvalue weighted by atomic mass is 10.1. The largest absolute Gasteiger partial charge is 0.337 e. The van der Waals surface area contributed by atoms with E-state index in [2.05, 4.69) is 0 Å². The minimum absolute atomic E-state index is 0.151. The zero-order chi connectivity index (χ0) is 19.2. The molecule has 0 aromatic heterocycles. The molecular weight excluding hydrogens is 360 g/mol. The fraction of sp³-hybridized carbons (Fsp3) is 0.190. The highest BCUT2D eigenvalue weighted by atomic mass is 32.2. The van der Waals surface area contributed by atoms with Gasteiger partial charge in [-0.1, -0.05) is 54.6 Å². The van der Waals surface area contributed by atoms with Gasteiger partial charge in [-0.3, -0.25) is 9.10 Å². The van der Waals surface area contributed by atoms with Crippen LogP contribution in [0.5, 0.6) is 0 Å². The molecule has 0 fully saturated rings. The van der Waals surface area contributed by atoms with E-state index in [4.69, 9.17) is 0 Å². The topological polar surface area (TPSA) is 57.7 Å². The molecule has 27 heavy (non-hydrogen) atoms. The van der Waals surface area contributed by atoms with E-state index < -0.39 is 10.0 Å². The first-order chi connectivity index (χ1) is 12.9. The summed E-state index contributed by atoms with van der Waals surface area (Å²) in [6, 6.07) is 20.2. The smallest absolute Gasteiger partial charge is 0.265 e. The van der Waals surface area contributed by atoms with Crippen LogP contribution in [0.2, 0.25) is 0 Å².